The first-order valence-corrected chi connectivity index (χ1v) is 7.84. The van der Waals surface area contributed by atoms with Crippen LogP contribution in [0.2, 0.25) is 0 Å². The van der Waals surface area contributed by atoms with Gasteiger partial charge in [-0.2, -0.15) is 13.6 Å². The van der Waals surface area contributed by atoms with Crippen molar-refractivity contribution < 1.29 is 12.6 Å². The van der Waals surface area contributed by atoms with E-state index < -0.39 is 10.3 Å². The number of hydrogen-bond donors (Lipinski definition) is 2. The zero-order valence-electron chi connectivity index (χ0n) is 11.3. The first-order valence-electron chi connectivity index (χ1n) is 6.37. The van der Waals surface area contributed by atoms with Crippen molar-refractivity contribution in [2.24, 2.45) is 5.14 Å². The number of hydrogen-bond acceptors (Lipinski definition) is 4. The van der Waals surface area contributed by atoms with E-state index in [-0.39, 0.29) is 11.3 Å². The van der Waals surface area contributed by atoms with E-state index in [1.54, 1.807) is 18.2 Å². The Morgan fingerprint density at radius 3 is 2.36 bits per heavy atom. The summed E-state index contributed by atoms with van der Waals surface area (Å²) in [5.41, 5.74) is 1.67. The van der Waals surface area contributed by atoms with Crippen molar-refractivity contribution in [3.63, 3.8) is 0 Å². The lowest BCUT2D eigenvalue weighted by molar-refractivity contribution is 0.488. The Morgan fingerprint density at radius 2 is 1.68 bits per heavy atom. The molecule has 112 valence electrons. The average Bonchev–Trinajstić information content (AvgIpc) is 2.46. The van der Waals surface area contributed by atoms with Gasteiger partial charge in [0.1, 0.15) is 5.75 Å². The summed E-state index contributed by atoms with van der Waals surface area (Å²) >= 11 is 0. The van der Waals surface area contributed by atoms with Crippen LogP contribution in [-0.4, -0.2) is 13.4 Å². The molecule has 0 radical (unpaired) electrons. The fourth-order valence-electron chi connectivity index (χ4n) is 2.19. The Bertz CT molecular complexity index is 992. The van der Waals surface area contributed by atoms with Crippen LogP contribution in [0.15, 0.2) is 59.4 Å². The Labute approximate surface area is 126 Å². The number of aromatic nitrogens is 1. The van der Waals surface area contributed by atoms with Gasteiger partial charge in [-0.1, -0.05) is 30.3 Å². The molecular weight excluding hydrogens is 304 g/mol. The van der Waals surface area contributed by atoms with Gasteiger partial charge in [-0.05, 0) is 35.2 Å². The largest absolute Gasteiger partial charge is 0.380 e. The maximum Gasteiger partial charge on any atom is 0.380 e. The number of pyridine rings is 1. The van der Waals surface area contributed by atoms with Gasteiger partial charge in [0.25, 0.3) is 5.56 Å². The highest BCUT2D eigenvalue weighted by Gasteiger charge is 2.08. The van der Waals surface area contributed by atoms with Gasteiger partial charge in [-0.3, -0.25) is 4.79 Å². The van der Waals surface area contributed by atoms with Crippen molar-refractivity contribution in [2.75, 3.05) is 0 Å². The summed E-state index contributed by atoms with van der Waals surface area (Å²) < 4.78 is 26.3. The second kappa shape index (κ2) is 5.28. The normalized spacial score (nSPS) is 11.5. The van der Waals surface area contributed by atoms with E-state index in [9.17, 15) is 13.2 Å². The van der Waals surface area contributed by atoms with Gasteiger partial charge in [0.15, 0.2) is 0 Å². The molecule has 0 aliphatic rings. The van der Waals surface area contributed by atoms with Crippen LogP contribution >= 0.6 is 0 Å². The minimum Gasteiger partial charge on any atom is -0.371 e. The molecule has 0 bridgehead atoms. The summed E-state index contributed by atoms with van der Waals surface area (Å²) in [6.45, 7) is 0. The van der Waals surface area contributed by atoms with E-state index in [4.69, 9.17) is 5.14 Å². The number of nitrogens with two attached hydrogens (primary N) is 1. The molecule has 3 N–H and O–H groups in total. The molecule has 0 saturated heterocycles. The molecule has 2 aromatic carbocycles. The van der Waals surface area contributed by atoms with Crippen LogP contribution in [-0.2, 0) is 10.3 Å². The minimum absolute atomic E-state index is 0.0865. The monoisotopic (exact) mass is 316 g/mol. The Hall–Kier alpha value is -2.64. The third-order valence-corrected chi connectivity index (χ3v) is 3.56. The number of fused-ring (bicyclic) bond motifs is 1. The first kappa shape index (κ1) is 14.3. The Kier molecular flexibility index (Phi) is 3.44. The first-order chi connectivity index (χ1) is 10.4. The third kappa shape index (κ3) is 3.00. The third-order valence-electron chi connectivity index (χ3n) is 3.13. The quantitative estimate of drug-likeness (QED) is 0.768. The Balaban J connectivity index is 2.04. The molecule has 0 atom stereocenters. The molecule has 22 heavy (non-hydrogen) atoms. The highest BCUT2D eigenvalue weighted by Crippen LogP contribution is 2.22. The molecule has 1 aromatic heterocycles. The molecule has 7 heteroatoms. The summed E-state index contributed by atoms with van der Waals surface area (Å²) in [7, 11) is -4.06. The fraction of sp³-hybridized carbons (Fsp3) is 0. The number of nitrogens with one attached hydrogen (secondary N) is 1. The topological polar surface area (TPSA) is 102 Å². The average molecular weight is 316 g/mol. The van der Waals surface area contributed by atoms with Crippen molar-refractivity contribution in [2.45, 2.75) is 0 Å². The predicted molar refractivity (Wildman–Crippen MR) is 83.7 cm³/mol. The molecule has 3 aromatic rings. The van der Waals surface area contributed by atoms with Gasteiger partial charge >= 0.3 is 10.3 Å². The summed E-state index contributed by atoms with van der Waals surface area (Å²) in [6, 6.07) is 15.3. The summed E-state index contributed by atoms with van der Waals surface area (Å²) in [5, 5.41) is 5.70. The van der Waals surface area contributed by atoms with Gasteiger partial charge in [-0.25, -0.2) is 0 Å². The number of aromatic amines is 1. The van der Waals surface area contributed by atoms with Crippen LogP contribution in [0.25, 0.3) is 22.0 Å². The van der Waals surface area contributed by atoms with E-state index in [1.165, 1.54) is 12.1 Å². The van der Waals surface area contributed by atoms with E-state index in [0.717, 1.165) is 10.9 Å². The van der Waals surface area contributed by atoms with Crippen LogP contribution < -0.4 is 14.9 Å². The maximum atomic E-state index is 12.1. The van der Waals surface area contributed by atoms with Crippen LogP contribution in [0, 0.1) is 0 Å². The van der Waals surface area contributed by atoms with Crippen LogP contribution in [0.1, 0.15) is 0 Å². The lowest BCUT2D eigenvalue weighted by atomic mass is 10.1. The van der Waals surface area contributed by atoms with Crippen molar-refractivity contribution in [1.82, 2.24) is 4.98 Å². The summed E-state index contributed by atoms with van der Waals surface area (Å²) in [4.78, 5) is 15.0. The van der Waals surface area contributed by atoms with E-state index >= 15 is 0 Å². The van der Waals surface area contributed by atoms with Crippen LogP contribution in [0.3, 0.4) is 0 Å². The van der Waals surface area contributed by atoms with Crippen LogP contribution in [0.5, 0.6) is 5.75 Å². The number of H-pyrrole nitrogens is 1. The predicted octanol–water partition coefficient (Wildman–Crippen LogP) is 1.78. The zero-order valence-corrected chi connectivity index (χ0v) is 12.1. The smallest absolute Gasteiger partial charge is 0.371 e. The molecule has 0 spiro atoms. The fourth-order valence-corrected chi connectivity index (χ4v) is 2.57. The zero-order chi connectivity index (χ0) is 15.7. The Morgan fingerprint density at radius 1 is 1.00 bits per heavy atom. The highest BCUT2D eigenvalue weighted by atomic mass is 32.2. The molecule has 0 unspecified atom stereocenters. The van der Waals surface area contributed by atoms with Crippen molar-refractivity contribution >= 4 is 21.2 Å². The number of rotatable bonds is 3. The van der Waals surface area contributed by atoms with Gasteiger partial charge in [0.05, 0.1) is 0 Å². The minimum atomic E-state index is -4.06. The molecule has 0 aliphatic heterocycles. The van der Waals surface area contributed by atoms with Crippen molar-refractivity contribution in [3.8, 4) is 16.9 Å². The highest BCUT2D eigenvalue weighted by molar-refractivity contribution is 7.84. The molecule has 6 nitrogen and oxygen atoms in total. The SMILES string of the molecule is NS(=O)(=O)Oc1ccc(-c2cc3ccccc3[nH]c2=O)cc1. The number of benzene rings is 2. The molecular formula is C15H12N2O4S. The van der Waals surface area contributed by atoms with Crippen molar-refractivity contribution in [1.29, 1.82) is 0 Å². The van der Waals surface area contributed by atoms with Crippen LogP contribution in [0.4, 0.5) is 0 Å². The van der Waals surface area contributed by atoms with E-state index in [2.05, 4.69) is 9.17 Å². The van der Waals surface area contributed by atoms with Gasteiger partial charge in [-0.15, -0.1) is 0 Å². The van der Waals surface area contributed by atoms with E-state index in [1.807, 2.05) is 24.3 Å². The molecule has 0 aliphatic carbocycles. The second-order valence-corrected chi connectivity index (χ2v) is 5.85. The van der Waals surface area contributed by atoms with Gasteiger partial charge in [0.2, 0.25) is 0 Å². The van der Waals surface area contributed by atoms with Crippen molar-refractivity contribution in [3.05, 3.63) is 65.0 Å². The lowest BCUT2D eigenvalue weighted by Gasteiger charge is -2.05. The number of para-hydroxylation sites is 1. The standard InChI is InChI=1S/C15H12N2O4S/c16-22(19,20)21-12-7-5-10(6-8-12)13-9-11-3-1-2-4-14(11)17-15(13)18/h1-9H,(H,17,18)(H2,16,19,20). The van der Waals surface area contributed by atoms with Gasteiger partial charge in [0, 0.05) is 11.1 Å². The molecule has 3 rings (SSSR count). The van der Waals surface area contributed by atoms with Gasteiger partial charge < -0.3 is 9.17 Å². The lowest BCUT2D eigenvalue weighted by Crippen LogP contribution is -2.18. The summed E-state index contributed by atoms with van der Waals surface area (Å²) in [5.74, 6) is 0.0865. The summed E-state index contributed by atoms with van der Waals surface area (Å²) in [6.07, 6.45) is 0. The molecule has 0 fully saturated rings. The van der Waals surface area contributed by atoms with E-state index in [0.29, 0.717) is 11.1 Å². The molecule has 0 amide bonds. The molecule has 1 heterocycles. The second-order valence-electron chi connectivity index (χ2n) is 4.70. The maximum absolute atomic E-state index is 12.1. The molecule has 0 saturated carbocycles.